The highest BCUT2D eigenvalue weighted by Gasteiger charge is 2.16. The van der Waals surface area contributed by atoms with Crippen molar-refractivity contribution in [1.82, 2.24) is 15.0 Å². The van der Waals surface area contributed by atoms with Crippen LogP contribution in [0.2, 0.25) is 0 Å². The lowest BCUT2D eigenvalue weighted by Crippen LogP contribution is -1.97. The van der Waals surface area contributed by atoms with E-state index in [0.717, 1.165) is 45.2 Å². The fourth-order valence-electron chi connectivity index (χ4n) is 5.75. The molecule has 0 atom stereocenters. The molecule has 2 heterocycles. The Hall–Kier alpha value is -5.41. The number of aromatic nitrogens is 3. The Morgan fingerprint density at radius 1 is 0.400 bits per heavy atom. The van der Waals surface area contributed by atoms with Crippen molar-refractivity contribution in [1.29, 1.82) is 0 Å². The first kappa shape index (κ1) is 22.6. The fourth-order valence-corrected chi connectivity index (χ4v) is 5.75. The van der Waals surface area contributed by atoms with E-state index in [9.17, 15) is 0 Å². The summed E-state index contributed by atoms with van der Waals surface area (Å²) < 4.78 is 0. The van der Waals surface area contributed by atoms with E-state index in [1.165, 1.54) is 32.3 Å². The summed E-state index contributed by atoms with van der Waals surface area (Å²) in [6.07, 6.45) is 1.82. The number of hydrogen-bond donors (Lipinski definition) is 0. The maximum atomic E-state index is 5.16. The van der Waals surface area contributed by atoms with Gasteiger partial charge in [0.25, 0.3) is 0 Å². The van der Waals surface area contributed by atoms with Crippen LogP contribution in [0.3, 0.4) is 0 Å². The molecule has 0 saturated carbocycles. The summed E-state index contributed by atoms with van der Waals surface area (Å²) in [6.45, 7) is 0. The molecule has 8 rings (SSSR count). The number of benzene rings is 6. The molecule has 0 spiro atoms. The Morgan fingerprint density at radius 2 is 1.00 bits per heavy atom. The van der Waals surface area contributed by atoms with E-state index in [2.05, 4.69) is 114 Å². The zero-order valence-corrected chi connectivity index (χ0v) is 21.6. The van der Waals surface area contributed by atoms with Crippen molar-refractivity contribution < 1.29 is 0 Å². The summed E-state index contributed by atoms with van der Waals surface area (Å²) >= 11 is 0. The molecule has 0 radical (unpaired) electrons. The normalized spacial score (nSPS) is 11.5. The first-order valence-corrected chi connectivity index (χ1v) is 13.5. The maximum absolute atomic E-state index is 5.16. The third-order valence-corrected chi connectivity index (χ3v) is 7.71. The van der Waals surface area contributed by atoms with E-state index >= 15 is 0 Å². The molecule has 3 heteroatoms. The van der Waals surface area contributed by atoms with Gasteiger partial charge in [-0.2, -0.15) is 0 Å². The number of nitrogens with zero attached hydrogens (tertiary/aromatic N) is 3. The average molecular weight is 510 g/mol. The lowest BCUT2D eigenvalue weighted by atomic mass is 9.91. The molecule has 0 bridgehead atoms. The number of rotatable bonds is 4. The quantitative estimate of drug-likeness (QED) is 0.222. The van der Waals surface area contributed by atoms with Gasteiger partial charge in [0.1, 0.15) is 0 Å². The second-order valence-electron chi connectivity index (χ2n) is 10.1. The molecule has 0 fully saturated rings. The highest BCUT2D eigenvalue weighted by atomic mass is 14.9. The molecule has 2 aromatic heterocycles. The summed E-state index contributed by atoms with van der Waals surface area (Å²) in [6, 6.07) is 46.6. The molecule has 40 heavy (non-hydrogen) atoms. The van der Waals surface area contributed by atoms with E-state index in [1.807, 2.05) is 30.5 Å². The maximum Gasteiger partial charge on any atom is 0.161 e. The number of hydrogen-bond acceptors (Lipinski definition) is 3. The Bertz CT molecular complexity index is 2120. The minimum Gasteiger partial charge on any atom is -0.256 e. The molecule has 8 aromatic rings. The molecule has 0 aliphatic rings. The van der Waals surface area contributed by atoms with Crippen LogP contribution >= 0.6 is 0 Å². The van der Waals surface area contributed by atoms with Gasteiger partial charge >= 0.3 is 0 Å². The molecule has 0 aliphatic heterocycles. The van der Waals surface area contributed by atoms with E-state index in [1.54, 1.807) is 0 Å². The first-order chi connectivity index (χ1) is 19.8. The molecule has 6 aromatic carbocycles. The van der Waals surface area contributed by atoms with Crippen LogP contribution in [0.5, 0.6) is 0 Å². The summed E-state index contributed by atoms with van der Waals surface area (Å²) in [4.78, 5) is 14.8. The fraction of sp³-hybridized carbons (Fsp3) is 0. The first-order valence-electron chi connectivity index (χ1n) is 13.5. The highest BCUT2D eigenvalue weighted by Crippen LogP contribution is 2.39. The van der Waals surface area contributed by atoms with Crippen LogP contribution in [0.1, 0.15) is 0 Å². The third-order valence-electron chi connectivity index (χ3n) is 7.71. The monoisotopic (exact) mass is 509 g/mol. The van der Waals surface area contributed by atoms with E-state index in [-0.39, 0.29) is 0 Å². The Morgan fingerprint density at radius 3 is 1.70 bits per heavy atom. The standard InChI is InChI=1S/C37H23N3/c1-2-7-24(8-3-1)33-23-34(26-14-12-25(13-15-26)32-11-4-5-22-38-32)40-37(39-33)31-21-19-29-17-16-27-9-6-10-28-18-20-30(31)36(29)35(27)28/h1-23H. The van der Waals surface area contributed by atoms with Crippen molar-refractivity contribution in [2.45, 2.75) is 0 Å². The summed E-state index contributed by atoms with van der Waals surface area (Å²) in [5.41, 5.74) is 6.97. The van der Waals surface area contributed by atoms with Crippen molar-refractivity contribution >= 4 is 32.3 Å². The number of pyridine rings is 1. The van der Waals surface area contributed by atoms with Gasteiger partial charge in [0, 0.05) is 28.5 Å². The van der Waals surface area contributed by atoms with Crippen molar-refractivity contribution in [2.24, 2.45) is 0 Å². The minimum absolute atomic E-state index is 0.725. The smallest absolute Gasteiger partial charge is 0.161 e. The minimum atomic E-state index is 0.725. The molecule has 3 nitrogen and oxygen atoms in total. The zero-order valence-electron chi connectivity index (χ0n) is 21.6. The van der Waals surface area contributed by atoms with Crippen LogP contribution in [-0.2, 0) is 0 Å². The highest BCUT2D eigenvalue weighted by molar-refractivity contribution is 6.25. The van der Waals surface area contributed by atoms with Crippen LogP contribution in [0.25, 0.3) is 77.5 Å². The van der Waals surface area contributed by atoms with Gasteiger partial charge in [0.05, 0.1) is 17.1 Å². The molecule has 0 N–H and O–H groups in total. The zero-order chi connectivity index (χ0) is 26.5. The Kier molecular flexibility index (Phi) is 5.14. The topological polar surface area (TPSA) is 38.7 Å². The molecule has 0 unspecified atom stereocenters. The van der Waals surface area contributed by atoms with Crippen molar-refractivity contribution in [3.05, 3.63) is 140 Å². The second kappa shape index (κ2) is 9.11. The molecular formula is C37H23N3. The largest absolute Gasteiger partial charge is 0.256 e. The van der Waals surface area contributed by atoms with Gasteiger partial charge in [0.15, 0.2) is 5.82 Å². The Labute approximate surface area is 231 Å². The van der Waals surface area contributed by atoms with Gasteiger partial charge in [0.2, 0.25) is 0 Å². The van der Waals surface area contributed by atoms with Crippen LogP contribution in [0.4, 0.5) is 0 Å². The van der Waals surface area contributed by atoms with E-state index in [4.69, 9.17) is 9.97 Å². The SMILES string of the molecule is c1ccc(-c2cc(-c3ccc(-c4ccccn4)cc3)nc(-c3ccc4ccc5cccc6ccc3c4c56)n2)cc1. The van der Waals surface area contributed by atoms with Crippen LogP contribution in [0.15, 0.2) is 140 Å². The van der Waals surface area contributed by atoms with Gasteiger partial charge in [-0.1, -0.05) is 109 Å². The molecule has 0 aliphatic carbocycles. The van der Waals surface area contributed by atoms with Crippen LogP contribution < -0.4 is 0 Å². The van der Waals surface area contributed by atoms with Gasteiger partial charge in [-0.3, -0.25) is 4.98 Å². The van der Waals surface area contributed by atoms with E-state index in [0.29, 0.717) is 0 Å². The average Bonchev–Trinajstić information content (AvgIpc) is 3.04. The van der Waals surface area contributed by atoms with E-state index < -0.39 is 0 Å². The van der Waals surface area contributed by atoms with Crippen molar-refractivity contribution in [3.63, 3.8) is 0 Å². The predicted octanol–water partition coefficient (Wildman–Crippen LogP) is 9.44. The van der Waals surface area contributed by atoms with Gasteiger partial charge < -0.3 is 0 Å². The molecular weight excluding hydrogens is 486 g/mol. The summed E-state index contributed by atoms with van der Waals surface area (Å²) in [7, 11) is 0. The summed E-state index contributed by atoms with van der Waals surface area (Å²) in [5.74, 6) is 0.725. The van der Waals surface area contributed by atoms with Gasteiger partial charge in [-0.15, -0.1) is 0 Å². The van der Waals surface area contributed by atoms with Crippen LogP contribution in [0, 0.1) is 0 Å². The lowest BCUT2D eigenvalue weighted by Gasteiger charge is -2.15. The molecule has 0 amide bonds. The molecule has 186 valence electrons. The second-order valence-corrected chi connectivity index (χ2v) is 10.1. The van der Waals surface area contributed by atoms with Crippen molar-refractivity contribution in [2.75, 3.05) is 0 Å². The third kappa shape index (κ3) is 3.71. The summed E-state index contributed by atoms with van der Waals surface area (Å²) in [5, 5.41) is 7.46. The molecule has 0 saturated heterocycles. The Balaban J connectivity index is 1.34. The van der Waals surface area contributed by atoms with Crippen LogP contribution in [-0.4, -0.2) is 15.0 Å². The van der Waals surface area contributed by atoms with Crippen molar-refractivity contribution in [3.8, 4) is 45.2 Å². The van der Waals surface area contributed by atoms with Gasteiger partial charge in [-0.25, -0.2) is 9.97 Å². The van der Waals surface area contributed by atoms with Gasteiger partial charge in [-0.05, 0) is 56.6 Å². The predicted molar refractivity (Wildman–Crippen MR) is 165 cm³/mol. The lowest BCUT2D eigenvalue weighted by molar-refractivity contribution is 1.19.